The van der Waals surface area contributed by atoms with Crippen LogP contribution in [0, 0.1) is 17.2 Å². The summed E-state index contributed by atoms with van der Waals surface area (Å²) < 4.78 is 0. The Bertz CT molecular complexity index is 399. The first-order valence-electron chi connectivity index (χ1n) is 5.55. The van der Waals surface area contributed by atoms with Crippen molar-refractivity contribution in [3.8, 4) is 6.07 Å². The van der Waals surface area contributed by atoms with Gasteiger partial charge < -0.3 is 10.0 Å². The normalized spacial score (nSPS) is 20.5. The van der Waals surface area contributed by atoms with Gasteiger partial charge in [-0.3, -0.25) is 0 Å². The molecule has 1 unspecified atom stereocenters. The summed E-state index contributed by atoms with van der Waals surface area (Å²) in [4.78, 5) is 6.42. The van der Waals surface area contributed by atoms with Crippen LogP contribution in [0.1, 0.15) is 18.4 Å². The Kier molecular flexibility index (Phi) is 3.37. The summed E-state index contributed by atoms with van der Waals surface area (Å²) in [5.41, 5.74) is 0.635. The van der Waals surface area contributed by atoms with E-state index in [0.29, 0.717) is 11.5 Å². The number of hydrogen-bond acceptors (Lipinski definition) is 4. The highest BCUT2D eigenvalue weighted by molar-refractivity contribution is 5.45. The molecule has 1 fully saturated rings. The summed E-state index contributed by atoms with van der Waals surface area (Å²) in [6.45, 7) is 2.02. The van der Waals surface area contributed by atoms with Crippen LogP contribution < -0.4 is 4.90 Å². The van der Waals surface area contributed by atoms with Gasteiger partial charge in [0.05, 0.1) is 11.6 Å². The zero-order valence-corrected chi connectivity index (χ0v) is 9.13. The Morgan fingerprint density at radius 2 is 2.50 bits per heavy atom. The second kappa shape index (κ2) is 4.95. The van der Waals surface area contributed by atoms with Crippen molar-refractivity contribution in [2.24, 2.45) is 5.92 Å². The number of anilines is 1. The van der Waals surface area contributed by atoms with Crippen LogP contribution in [-0.2, 0) is 0 Å². The first kappa shape index (κ1) is 10.9. The van der Waals surface area contributed by atoms with Crippen molar-refractivity contribution in [2.45, 2.75) is 12.8 Å². The average molecular weight is 217 g/mol. The first-order chi connectivity index (χ1) is 7.83. The number of aliphatic hydroxyl groups is 1. The van der Waals surface area contributed by atoms with Crippen molar-refractivity contribution in [3.05, 3.63) is 23.9 Å². The van der Waals surface area contributed by atoms with E-state index in [9.17, 15) is 0 Å². The maximum Gasteiger partial charge on any atom is 0.129 e. The maximum atomic E-state index is 9.16. The molecule has 1 aromatic heterocycles. The van der Waals surface area contributed by atoms with E-state index < -0.39 is 0 Å². The highest BCUT2D eigenvalue weighted by Gasteiger charge is 2.20. The fourth-order valence-electron chi connectivity index (χ4n) is 2.08. The van der Waals surface area contributed by atoms with E-state index in [1.807, 2.05) is 0 Å². The first-order valence-corrected chi connectivity index (χ1v) is 5.55. The minimum Gasteiger partial charge on any atom is -0.396 e. The SMILES string of the molecule is N#Cc1ccnc(N2CCCC(CO)C2)c1. The van der Waals surface area contributed by atoms with Crippen molar-refractivity contribution < 1.29 is 5.11 Å². The van der Waals surface area contributed by atoms with Crippen LogP contribution in [0.15, 0.2) is 18.3 Å². The lowest BCUT2D eigenvalue weighted by molar-refractivity contribution is 0.208. The molecule has 0 aromatic carbocycles. The van der Waals surface area contributed by atoms with Crippen LogP contribution in [0.2, 0.25) is 0 Å². The van der Waals surface area contributed by atoms with Gasteiger partial charge in [-0.15, -0.1) is 0 Å². The van der Waals surface area contributed by atoms with Crippen LogP contribution in [0.5, 0.6) is 0 Å². The lowest BCUT2D eigenvalue weighted by atomic mass is 9.99. The van der Waals surface area contributed by atoms with E-state index in [4.69, 9.17) is 10.4 Å². The number of hydrogen-bond donors (Lipinski definition) is 1. The van der Waals surface area contributed by atoms with E-state index in [0.717, 1.165) is 31.7 Å². The Labute approximate surface area is 95.1 Å². The third kappa shape index (κ3) is 2.31. The monoisotopic (exact) mass is 217 g/mol. The minimum absolute atomic E-state index is 0.231. The molecule has 1 saturated heterocycles. The summed E-state index contributed by atoms with van der Waals surface area (Å²) >= 11 is 0. The molecule has 2 rings (SSSR count). The average Bonchev–Trinajstić information content (AvgIpc) is 2.39. The molecule has 1 aliphatic heterocycles. The molecular formula is C12H15N3O. The van der Waals surface area contributed by atoms with Gasteiger partial charge >= 0.3 is 0 Å². The predicted octanol–water partition coefficient (Wildman–Crippen LogP) is 1.16. The predicted molar refractivity (Wildman–Crippen MR) is 61.0 cm³/mol. The zero-order chi connectivity index (χ0) is 11.4. The van der Waals surface area contributed by atoms with Gasteiger partial charge in [0.2, 0.25) is 0 Å². The van der Waals surface area contributed by atoms with Crippen LogP contribution in [0.3, 0.4) is 0 Å². The van der Waals surface area contributed by atoms with Crippen LogP contribution in [0.25, 0.3) is 0 Å². The minimum atomic E-state index is 0.231. The van der Waals surface area contributed by atoms with Crippen LogP contribution >= 0.6 is 0 Å². The van der Waals surface area contributed by atoms with Gasteiger partial charge in [-0.25, -0.2) is 4.98 Å². The molecule has 0 aliphatic carbocycles. The van der Waals surface area contributed by atoms with Crippen LogP contribution in [-0.4, -0.2) is 29.8 Å². The fourth-order valence-corrected chi connectivity index (χ4v) is 2.08. The van der Waals surface area contributed by atoms with Gasteiger partial charge in [0, 0.05) is 25.9 Å². The van der Waals surface area contributed by atoms with Gasteiger partial charge in [0.25, 0.3) is 0 Å². The van der Waals surface area contributed by atoms with E-state index in [2.05, 4.69) is 16.0 Å². The van der Waals surface area contributed by atoms with Crippen molar-refractivity contribution >= 4 is 5.82 Å². The summed E-state index contributed by atoms with van der Waals surface area (Å²) in [5, 5.41) is 18.0. The van der Waals surface area contributed by atoms with E-state index in [1.165, 1.54) is 0 Å². The fraction of sp³-hybridized carbons (Fsp3) is 0.500. The molecule has 1 atom stereocenters. The summed E-state index contributed by atoms with van der Waals surface area (Å²) in [5.74, 6) is 1.18. The molecule has 0 bridgehead atoms. The molecule has 0 spiro atoms. The second-order valence-electron chi connectivity index (χ2n) is 4.15. The summed E-state index contributed by atoms with van der Waals surface area (Å²) in [6.07, 6.45) is 3.81. The van der Waals surface area contributed by atoms with Crippen molar-refractivity contribution in [1.29, 1.82) is 5.26 Å². The molecule has 2 heterocycles. The molecule has 4 nitrogen and oxygen atoms in total. The molecule has 0 amide bonds. The molecule has 16 heavy (non-hydrogen) atoms. The van der Waals surface area contributed by atoms with Gasteiger partial charge in [-0.2, -0.15) is 5.26 Å². The highest BCUT2D eigenvalue weighted by atomic mass is 16.3. The standard InChI is InChI=1S/C12H15N3O/c13-7-10-3-4-14-12(6-10)15-5-1-2-11(8-15)9-16/h3-4,6,11,16H,1-2,5,8-9H2. The van der Waals surface area contributed by atoms with E-state index in [-0.39, 0.29) is 6.61 Å². The van der Waals surface area contributed by atoms with Crippen molar-refractivity contribution in [3.63, 3.8) is 0 Å². The Hall–Kier alpha value is -1.60. The molecule has 1 aromatic rings. The number of aromatic nitrogens is 1. The lowest BCUT2D eigenvalue weighted by Crippen LogP contribution is -2.37. The molecule has 4 heteroatoms. The Morgan fingerprint density at radius 3 is 3.25 bits per heavy atom. The third-order valence-corrected chi connectivity index (χ3v) is 2.98. The summed E-state index contributed by atoms with van der Waals surface area (Å²) in [7, 11) is 0. The smallest absolute Gasteiger partial charge is 0.129 e. The largest absolute Gasteiger partial charge is 0.396 e. The molecule has 1 N–H and O–H groups in total. The van der Waals surface area contributed by atoms with E-state index in [1.54, 1.807) is 18.3 Å². The van der Waals surface area contributed by atoms with Gasteiger partial charge in [0.1, 0.15) is 5.82 Å². The number of rotatable bonds is 2. The number of nitriles is 1. The Morgan fingerprint density at radius 1 is 1.62 bits per heavy atom. The topological polar surface area (TPSA) is 60.2 Å². The highest BCUT2D eigenvalue weighted by Crippen LogP contribution is 2.21. The van der Waals surface area contributed by atoms with E-state index >= 15 is 0 Å². The van der Waals surface area contributed by atoms with Crippen molar-refractivity contribution in [2.75, 3.05) is 24.6 Å². The van der Waals surface area contributed by atoms with Crippen LogP contribution in [0.4, 0.5) is 5.82 Å². The number of nitrogens with zero attached hydrogens (tertiary/aromatic N) is 3. The third-order valence-electron chi connectivity index (χ3n) is 2.98. The Balaban J connectivity index is 2.14. The molecule has 0 radical (unpaired) electrons. The second-order valence-corrected chi connectivity index (χ2v) is 4.15. The van der Waals surface area contributed by atoms with Gasteiger partial charge in [0.15, 0.2) is 0 Å². The van der Waals surface area contributed by atoms with Gasteiger partial charge in [-0.1, -0.05) is 0 Å². The van der Waals surface area contributed by atoms with Gasteiger partial charge in [-0.05, 0) is 30.9 Å². The molecular weight excluding hydrogens is 202 g/mol. The molecule has 1 aliphatic rings. The summed E-state index contributed by atoms with van der Waals surface area (Å²) in [6, 6.07) is 5.63. The maximum absolute atomic E-state index is 9.16. The molecule has 84 valence electrons. The zero-order valence-electron chi connectivity index (χ0n) is 9.13. The molecule has 0 saturated carbocycles. The lowest BCUT2D eigenvalue weighted by Gasteiger charge is -2.32. The number of piperidine rings is 1. The van der Waals surface area contributed by atoms with Crippen molar-refractivity contribution in [1.82, 2.24) is 4.98 Å². The number of pyridine rings is 1. The number of aliphatic hydroxyl groups excluding tert-OH is 1. The quantitative estimate of drug-likeness (QED) is 0.807.